The highest BCUT2D eigenvalue weighted by molar-refractivity contribution is 6.30. The lowest BCUT2D eigenvalue weighted by Gasteiger charge is -2.37. The van der Waals surface area contributed by atoms with Crippen LogP contribution in [0.3, 0.4) is 0 Å². The van der Waals surface area contributed by atoms with Gasteiger partial charge < -0.3 is 19.5 Å². The molecule has 4 rings (SSSR count). The highest BCUT2D eigenvalue weighted by Crippen LogP contribution is 2.36. The predicted octanol–water partition coefficient (Wildman–Crippen LogP) is 2.87. The SMILES string of the molecule is O=C(NC1CCOC2(CCOC2)C1)[C@@H]1CCO[C@H]1c1ccc(Cl)cc1. The fraction of sp³-hybridized carbons (Fsp3) is 0.632. The zero-order chi connectivity index (χ0) is 17.3. The molecule has 25 heavy (non-hydrogen) atoms. The molecule has 3 aliphatic heterocycles. The van der Waals surface area contributed by atoms with Gasteiger partial charge in [0, 0.05) is 37.3 Å². The molecule has 3 fully saturated rings. The maximum absolute atomic E-state index is 12.9. The van der Waals surface area contributed by atoms with Gasteiger partial charge in [-0.25, -0.2) is 0 Å². The molecule has 136 valence electrons. The Hall–Kier alpha value is -1.14. The van der Waals surface area contributed by atoms with Gasteiger partial charge in [0.25, 0.3) is 0 Å². The first-order chi connectivity index (χ1) is 12.2. The van der Waals surface area contributed by atoms with Gasteiger partial charge >= 0.3 is 0 Å². The molecular weight excluding hydrogens is 342 g/mol. The molecule has 3 saturated heterocycles. The Morgan fingerprint density at radius 3 is 2.76 bits per heavy atom. The van der Waals surface area contributed by atoms with Gasteiger partial charge in [0.05, 0.1) is 24.2 Å². The minimum Gasteiger partial charge on any atom is -0.378 e. The molecule has 3 aliphatic rings. The highest BCUT2D eigenvalue weighted by Gasteiger charge is 2.42. The van der Waals surface area contributed by atoms with Crippen LogP contribution in [0.15, 0.2) is 24.3 Å². The molecular formula is C19H24ClNO4. The van der Waals surface area contributed by atoms with Crippen molar-refractivity contribution >= 4 is 17.5 Å². The third kappa shape index (κ3) is 3.70. The van der Waals surface area contributed by atoms with E-state index in [1.165, 1.54) is 0 Å². The fourth-order valence-electron chi connectivity index (χ4n) is 4.16. The van der Waals surface area contributed by atoms with Crippen molar-refractivity contribution in [3.8, 4) is 0 Å². The summed E-state index contributed by atoms with van der Waals surface area (Å²) in [6, 6.07) is 7.72. The first-order valence-electron chi connectivity index (χ1n) is 9.04. The molecule has 0 aliphatic carbocycles. The average Bonchev–Trinajstić information content (AvgIpc) is 3.26. The summed E-state index contributed by atoms with van der Waals surface area (Å²) in [6.45, 7) is 2.67. The first-order valence-corrected chi connectivity index (χ1v) is 9.42. The molecule has 1 N–H and O–H groups in total. The lowest BCUT2D eigenvalue weighted by atomic mass is 9.88. The van der Waals surface area contributed by atoms with Crippen molar-refractivity contribution in [2.24, 2.45) is 5.92 Å². The van der Waals surface area contributed by atoms with Gasteiger partial charge in [0.2, 0.25) is 5.91 Å². The maximum atomic E-state index is 12.9. The summed E-state index contributed by atoms with van der Waals surface area (Å²) in [7, 11) is 0. The standard InChI is InChI=1S/C19H24ClNO4/c20-14-3-1-13(2-4-14)17-16(6-8-24-17)18(22)21-15-5-9-25-19(11-15)7-10-23-12-19/h1-4,15-17H,5-12H2,(H,21,22)/t15?,16-,17+,19?/m1/s1. The molecule has 0 bridgehead atoms. The number of hydrogen-bond donors (Lipinski definition) is 1. The number of carbonyl (C=O) groups excluding carboxylic acids is 1. The van der Waals surface area contributed by atoms with Crippen LogP contribution >= 0.6 is 11.6 Å². The molecule has 4 atom stereocenters. The number of benzene rings is 1. The maximum Gasteiger partial charge on any atom is 0.226 e. The number of halogens is 1. The molecule has 0 radical (unpaired) electrons. The van der Waals surface area contributed by atoms with Gasteiger partial charge in [-0.3, -0.25) is 4.79 Å². The van der Waals surface area contributed by atoms with E-state index in [0.717, 1.165) is 37.9 Å². The summed E-state index contributed by atoms with van der Waals surface area (Å²) >= 11 is 5.96. The molecule has 1 aromatic rings. The molecule has 1 aromatic carbocycles. The summed E-state index contributed by atoms with van der Waals surface area (Å²) < 4.78 is 17.3. The third-order valence-electron chi connectivity index (χ3n) is 5.53. The number of hydrogen-bond acceptors (Lipinski definition) is 4. The van der Waals surface area contributed by atoms with E-state index in [2.05, 4.69) is 5.32 Å². The molecule has 0 aromatic heterocycles. The van der Waals surface area contributed by atoms with Gasteiger partial charge in [0.1, 0.15) is 0 Å². The summed E-state index contributed by atoms with van der Waals surface area (Å²) in [5, 5.41) is 3.93. The second-order valence-corrected chi connectivity index (χ2v) is 7.71. The second-order valence-electron chi connectivity index (χ2n) is 7.27. The Balaban J connectivity index is 1.40. The van der Waals surface area contributed by atoms with Crippen molar-refractivity contribution in [2.45, 2.75) is 43.4 Å². The van der Waals surface area contributed by atoms with E-state index >= 15 is 0 Å². The summed E-state index contributed by atoms with van der Waals surface area (Å²) in [4.78, 5) is 12.9. The van der Waals surface area contributed by atoms with Crippen LogP contribution in [-0.4, -0.2) is 44.0 Å². The summed E-state index contributed by atoms with van der Waals surface area (Å²) in [6.07, 6.45) is 3.15. The van der Waals surface area contributed by atoms with Crippen molar-refractivity contribution in [2.75, 3.05) is 26.4 Å². The quantitative estimate of drug-likeness (QED) is 0.894. The van der Waals surface area contributed by atoms with Crippen LogP contribution in [0.1, 0.15) is 37.4 Å². The van der Waals surface area contributed by atoms with Crippen molar-refractivity contribution in [1.82, 2.24) is 5.32 Å². The van der Waals surface area contributed by atoms with E-state index in [1.54, 1.807) is 0 Å². The Morgan fingerprint density at radius 1 is 1.16 bits per heavy atom. The number of nitrogens with one attached hydrogen (secondary N) is 1. The van der Waals surface area contributed by atoms with E-state index in [-0.39, 0.29) is 29.6 Å². The molecule has 5 nitrogen and oxygen atoms in total. The van der Waals surface area contributed by atoms with Crippen LogP contribution in [0.4, 0.5) is 0 Å². The van der Waals surface area contributed by atoms with Crippen LogP contribution in [-0.2, 0) is 19.0 Å². The van der Waals surface area contributed by atoms with Crippen LogP contribution in [0, 0.1) is 5.92 Å². The van der Waals surface area contributed by atoms with Crippen molar-refractivity contribution in [3.63, 3.8) is 0 Å². The smallest absolute Gasteiger partial charge is 0.226 e. The number of ether oxygens (including phenoxy) is 3. The average molecular weight is 366 g/mol. The molecule has 3 heterocycles. The largest absolute Gasteiger partial charge is 0.378 e. The minimum absolute atomic E-state index is 0.0819. The van der Waals surface area contributed by atoms with Crippen LogP contribution < -0.4 is 5.32 Å². The van der Waals surface area contributed by atoms with Crippen LogP contribution in [0.2, 0.25) is 5.02 Å². The number of carbonyl (C=O) groups is 1. The summed E-state index contributed by atoms with van der Waals surface area (Å²) in [5.41, 5.74) is 0.812. The van der Waals surface area contributed by atoms with Crippen LogP contribution in [0.25, 0.3) is 0 Å². The fourth-order valence-corrected chi connectivity index (χ4v) is 4.29. The molecule has 0 saturated carbocycles. The molecule has 1 spiro atoms. The van der Waals surface area contributed by atoms with Crippen LogP contribution in [0.5, 0.6) is 0 Å². The van der Waals surface area contributed by atoms with Crippen molar-refractivity contribution < 1.29 is 19.0 Å². The molecule has 6 heteroatoms. The van der Waals surface area contributed by atoms with E-state index in [1.807, 2.05) is 24.3 Å². The van der Waals surface area contributed by atoms with Crippen molar-refractivity contribution in [1.29, 1.82) is 0 Å². The topological polar surface area (TPSA) is 56.8 Å². The lowest BCUT2D eigenvalue weighted by Crippen LogP contribution is -2.50. The molecule has 2 unspecified atom stereocenters. The Morgan fingerprint density at radius 2 is 2.00 bits per heavy atom. The van der Waals surface area contributed by atoms with E-state index in [9.17, 15) is 4.79 Å². The monoisotopic (exact) mass is 365 g/mol. The molecule has 1 amide bonds. The van der Waals surface area contributed by atoms with E-state index in [0.29, 0.717) is 24.8 Å². The first kappa shape index (κ1) is 17.3. The van der Waals surface area contributed by atoms with Crippen molar-refractivity contribution in [3.05, 3.63) is 34.9 Å². The predicted molar refractivity (Wildman–Crippen MR) is 93.5 cm³/mol. The summed E-state index contributed by atoms with van der Waals surface area (Å²) in [5.74, 6) is -0.0711. The normalized spacial score (nSPS) is 35.2. The minimum atomic E-state index is -0.196. The third-order valence-corrected chi connectivity index (χ3v) is 5.79. The Labute approximate surface area is 153 Å². The Kier molecular flexibility index (Phi) is 5.00. The van der Waals surface area contributed by atoms with E-state index < -0.39 is 0 Å². The van der Waals surface area contributed by atoms with E-state index in [4.69, 9.17) is 25.8 Å². The van der Waals surface area contributed by atoms with Gasteiger partial charge in [-0.2, -0.15) is 0 Å². The van der Waals surface area contributed by atoms with Gasteiger partial charge in [-0.05, 0) is 37.0 Å². The van der Waals surface area contributed by atoms with Gasteiger partial charge in [0.15, 0.2) is 0 Å². The Bertz CT molecular complexity index is 614. The van der Waals surface area contributed by atoms with Gasteiger partial charge in [-0.15, -0.1) is 0 Å². The zero-order valence-corrected chi connectivity index (χ0v) is 15.0. The highest BCUT2D eigenvalue weighted by atomic mass is 35.5. The number of rotatable bonds is 3. The second kappa shape index (κ2) is 7.23. The van der Waals surface area contributed by atoms with Gasteiger partial charge in [-0.1, -0.05) is 23.7 Å². The number of amides is 1. The lowest BCUT2D eigenvalue weighted by molar-refractivity contribution is -0.131. The zero-order valence-electron chi connectivity index (χ0n) is 14.2.